The predicted molar refractivity (Wildman–Crippen MR) is 112 cm³/mol. The van der Waals surface area contributed by atoms with Crippen molar-refractivity contribution in [3.8, 4) is 0 Å². The van der Waals surface area contributed by atoms with E-state index in [1.807, 2.05) is 6.92 Å². The van der Waals surface area contributed by atoms with E-state index in [2.05, 4.69) is 54.4 Å². The van der Waals surface area contributed by atoms with Gasteiger partial charge in [-0.2, -0.15) is 0 Å². The van der Waals surface area contributed by atoms with Gasteiger partial charge in [0.25, 0.3) is 0 Å². The Morgan fingerprint density at radius 1 is 1.15 bits per heavy atom. The van der Waals surface area contributed by atoms with Crippen molar-refractivity contribution in [1.29, 1.82) is 0 Å². The SMILES string of the molecule is Cc1cc2c(o1)CC(C)(C)CC2NCc1ccc(N2CCOCC2)cc1.Cl. The summed E-state index contributed by atoms with van der Waals surface area (Å²) in [4.78, 5) is 2.39. The van der Waals surface area contributed by atoms with Gasteiger partial charge < -0.3 is 19.4 Å². The van der Waals surface area contributed by atoms with Crippen molar-refractivity contribution in [3.05, 3.63) is 53.0 Å². The second-order valence-corrected chi connectivity index (χ2v) is 8.48. The Morgan fingerprint density at radius 2 is 1.85 bits per heavy atom. The van der Waals surface area contributed by atoms with Crippen LogP contribution in [0, 0.1) is 12.3 Å². The maximum atomic E-state index is 5.95. The Bertz CT molecular complexity index is 748. The van der Waals surface area contributed by atoms with Gasteiger partial charge in [0.2, 0.25) is 0 Å². The number of nitrogens with zero attached hydrogens (tertiary/aromatic N) is 1. The molecule has 4 rings (SSSR count). The van der Waals surface area contributed by atoms with Crippen LogP contribution in [-0.2, 0) is 17.7 Å². The molecule has 27 heavy (non-hydrogen) atoms. The molecule has 5 heteroatoms. The van der Waals surface area contributed by atoms with E-state index in [9.17, 15) is 0 Å². The normalized spacial score (nSPS) is 21.4. The molecule has 1 N–H and O–H groups in total. The number of rotatable bonds is 4. The smallest absolute Gasteiger partial charge is 0.109 e. The average molecular weight is 391 g/mol. The number of benzene rings is 1. The molecule has 1 aromatic carbocycles. The number of morpholine rings is 1. The number of anilines is 1. The molecule has 4 nitrogen and oxygen atoms in total. The van der Waals surface area contributed by atoms with Gasteiger partial charge in [0.1, 0.15) is 11.5 Å². The van der Waals surface area contributed by atoms with Crippen molar-refractivity contribution in [3.63, 3.8) is 0 Å². The van der Waals surface area contributed by atoms with Crippen molar-refractivity contribution >= 4 is 18.1 Å². The lowest BCUT2D eigenvalue weighted by molar-refractivity contribution is 0.122. The molecule has 1 fully saturated rings. The molecule has 1 unspecified atom stereocenters. The molecule has 0 bridgehead atoms. The lowest BCUT2D eigenvalue weighted by atomic mass is 9.74. The summed E-state index contributed by atoms with van der Waals surface area (Å²) in [5.74, 6) is 2.19. The molecule has 2 aromatic rings. The first-order chi connectivity index (χ1) is 12.5. The fourth-order valence-electron chi connectivity index (χ4n) is 4.25. The minimum Gasteiger partial charge on any atom is -0.466 e. The first kappa shape index (κ1) is 20.2. The van der Waals surface area contributed by atoms with E-state index in [-0.39, 0.29) is 17.8 Å². The Morgan fingerprint density at radius 3 is 2.56 bits per heavy atom. The summed E-state index contributed by atoms with van der Waals surface area (Å²) in [5, 5.41) is 3.77. The third-order valence-electron chi connectivity index (χ3n) is 5.60. The Balaban J connectivity index is 0.00000210. The van der Waals surface area contributed by atoms with E-state index in [1.165, 1.54) is 22.6 Å². The van der Waals surface area contributed by atoms with Gasteiger partial charge in [-0.3, -0.25) is 0 Å². The van der Waals surface area contributed by atoms with E-state index in [0.29, 0.717) is 6.04 Å². The summed E-state index contributed by atoms with van der Waals surface area (Å²) in [7, 11) is 0. The van der Waals surface area contributed by atoms with E-state index in [4.69, 9.17) is 9.15 Å². The molecule has 1 aromatic heterocycles. The van der Waals surface area contributed by atoms with Crippen LogP contribution in [-0.4, -0.2) is 26.3 Å². The third kappa shape index (κ3) is 4.68. The zero-order valence-electron chi connectivity index (χ0n) is 16.6. The van der Waals surface area contributed by atoms with Crippen molar-refractivity contribution in [2.24, 2.45) is 5.41 Å². The van der Waals surface area contributed by atoms with E-state index in [1.54, 1.807) is 0 Å². The minimum absolute atomic E-state index is 0. The summed E-state index contributed by atoms with van der Waals surface area (Å²) >= 11 is 0. The van der Waals surface area contributed by atoms with Crippen LogP contribution in [0.5, 0.6) is 0 Å². The maximum Gasteiger partial charge on any atom is 0.109 e. The molecule has 1 aliphatic carbocycles. The van der Waals surface area contributed by atoms with Crippen LogP contribution in [0.2, 0.25) is 0 Å². The molecule has 1 aliphatic heterocycles. The quantitative estimate of drug-likeness (QED) is 0.824. The van der Waals surface area contributed by atoms with Gasteiger partial charge >= 0.3 is 0 Å². The fraction of sp³-hybridized carbons (Fsp3) is 0.545. The van der Waals surface area contributed by atoms with Crippen LogP contribution in [0.4, 0.5) is 5.69 Å². The molecule has 148 valence electrons. The van der Waals surface area contributed by atoms with Crippen LogP contribution in [0.3, 0.4) is 0 Å². The number of hydrogen-bond donors (Lipinski definition) is 1. The first-order valence-electron chi connectivity index (χ1n) is 9.74. The Labute approximate surface area is 168 Å². The highest BCUT2D eigenvalue weighted by Gasteiger charge is 2.34. The lowest BCUT2D eigenvalue weighted by Gasteiger charge is -2.35. The molecule has 0 amide bonds. The van der Waals surface area contributed by atoms with Crippen LogP contribution >= 0.6 is 12.4 Å². The predicted octanol–water partition coefficient (Wildman–Crippen LogP) is 4.65. The van der Waals surface area contributed by atoms with Gasteiger partial charge in [-0.15, -0.1) is 12.4 Å². The van der Waals surface area contributed by atoms with Crippen molar-refractivity contribution in [2.75, 3.05) is 31.2 Å². The highest BCUT2D eigenvalue weighted by molar-refractivity contribution is 5.85. The molecular weight excluding hydrogens is 360 g/mol. The summed E-state index contributed by atoms with van der Waals surface area (Å²) in [6.07, 6.45) is 2.17. The summed E-state index contributed by atoms with van der Waals surface area (Å²) in [6, 6.07) is 11.5. The molecular formula is C22H31ClN2O2. The molecule has 0 saturated carbocycles. The van der Waals surface area contributed by atoms with Gasteiger partial charge in [0, 0.05) is 43.3 Å². The topological polar surface area (TPSA) is 37.6 Å². The second-order valence-electron chi connectivity index (χ2n) is 8.48. The first-order valence-corrected chi connectivity index (χ1v) is 9.74. The number of aryl methyl sites for hydroxylation is 1. The number of hydrogen-bond acceptors (Lipinski definition) is 4. The fourth-order valence-corrected chi connectivity index (χ4v) is 4.25. The van der Waals surface area contributed by atoms with Gasteiger partial charge in [-0.25, -0.2) is 0 Å². The van der Waals surface area contributed by atoms with Crippen LogP contribution in [0.15, 0.2) is 34.7 Å². The molecule has 1 atom stereocenters. The molecule has 1 saturated heterocycles. The Hall–Kier alpha value is -1.49. The third-order valence-corrected chi connectivity index (χ3v) is 5.60. The monoisotopic (exact) mass is 390 g/mol. The number of fused-ring (bicyclic) bond motifs is 1. The second kappa shape index (κ2) is 8.26. The summed E-state index contributed by atoms with van der Waals surface area (Å²) < 4.78 is 11.4. The zero-order valence-corrected chi connectivity index (χ0v) is 17.4. The van der Waals surface area contributed by atoms with Gasteiger partial charge in [-0.05, 0) is 42.5 Å². The van der Waals surface area contributed by atoms with Gasteiger partial charge in [-0.1, -0.05) is 26.0 Å². The average Bonchev–Trinajstić information content (AvgIpc) is 3.00. The van der Waals surface area contributed by atoms with Crippen molar-refractivity contribution in [2.45, 2.75) is 46.2 Å². The van der Waals surface area contributed by atoms with E-state index in [0.717, 1.165) is 51.4 Å². The zero-order chi connectivity index (χ0) is 18.1. The van der Waals surface area contributed by atoms with E-state index < -0.39 is 0 Å². The maximum absolute atomic E-state index is 5.95. The van der Waals surface area contributed by atoms with Gasteiger partial charge in [0.15, 0.2) is 0 Å². The molecule has 2 heterocycles. The van der Waals surface area contributed by atoms with Crippen molar-refractivity contribution < 1.29 is 9.15 Å². The van der Waals surface area contributed by atoms with Crippen LogP contribution in [0.1, 0.15) is 49.0 Å². The number of halogens is 1. The van der Waals surface area contributed by atoms with Crippen LogP contribution < -0.4 is 10.2 Å². The Kier molecular flexibility index (Phi) is 6.19. The standard InChI is InChI=1S/C22H30N2O2.ClH/c1-16-12-19-20(13-22(2,3)14-21(19)26-16)23-15-17-4-6-18(7-5-17)24-8-10-25-11-9-24;/h4-7,12,20,23H,8-11,13-15H2,1-3H3;1H. The lowest BCUT2D eigenvalue weighted by Crippen LogP contribution is -2.36. The van der Waals surface area contributed by atoms with E-state index >= 15 is 0 Å². The molecule has 2 aliphatic rings. The summed E-state index contributed by atoms with van der Waals surface area (Å²) in [6.45, 7) is 11.2. The largest absolute Gasteiger partial charge is 0.466 e. The van der Waals surface area contributed by atoms with Crippen LogP contribution in [0.25, 0.3) is 0 Å². The number of furan rings is 1. The highest BCUT2D eigenvalue weighted by Crippen LogP contribution is 2.42. The van der Waals surface area contributed by atoms with Gasteiger partial charge in [0.05, 0.1) is 13.2 Å². The van der Waals surface area contributed by atoms with Crippen molar-refractivity contribution in [1.82, 2.24) is 5.32 Å². The number of ether oxygens (including phenoxy) is 1. The summed E-state index contributed by atoms with van der Waals surface area (Å²) in [5.41, 5.74) is 4.25. The molecule has 0 spiro atoms. The minimum atomic E-state index is 0. The molecule has 0 radical (unpaired) electrons. The highest BCUT2D eigenvalue weighted by atomic mass is 35.5. The number of nitrogens with one attached hydrogen (secondary N) is 1.